The Morgan fingerprint density at radius 3 is 2.61 bits per heavy atom. The normalized spacial score (nSPS) is 40.0. The van der Waals surface area contributed by atoms with Crippen molar-refractivity contribution in [1.82, 2.24) is 15.1 Å². The van der Waals surface area contributed by atoms with Crippen LogP contribution in [-0.2, 0) is 0 Å². The Hall–Kier alpha value is -0.120. The molecule has 1 N–H and O–H groups in total. The Kier molecular flexibility index (Phi) is 5.05. The summed E-state index contributed by atoms with van der Waals surface area (Å²) in [6.45, 7) is 8.44. The number of hydrogen-bond donors (Lipinski definition) is 1. The van der Waals surface area contributed by atoms with E-state index in [2.05, 4.69) is 43.1 Å². The van der Waals surface area contributed by atoms with Gasteiger partial charge in [-0.15, -0.1) is 0 Å². The third-order valence-electron chi connectivity index (χ3n) is 5.33. The summed E-state index contributed by atoms with van der Waals surface area (Å²) in [5, 5.41) is 3.57. The molecule has 3 nitrogen and oxygen atoms in total. The zero-order chi connectivity index (χ0) is 13.1. The van der Waals surface area contributed by atoms with Crippen molar-refractivity contribution >= 4 is 0 Å². The van der Waals surface area contributed by atoms with Crippen molar-refractivity contribution in [1.29, 1.82) is 0 Å². The highest BCUT2D eigenvalue weighted by atomic mass is 15.3. The van der Waals surface area contributed by atoms with Crippen molar-refractivity contribution in [2.75, 3.05) is 33.7 Å². The molecule has 18 heavy (non-hydrogen) atoms. The van der Waals surface area contributed by atoms with E-state index in [1.54, 1.807) is 0 Å². The Morgan fingerprint density at radius 1 is 1.22 bits per heavy atom. The third-order valence-corrected chi connectivity index (χ3v) is 5.33. The summed E-state index contributed by atoms with van der Waals surface area (Å²) in [6.07, 6.45) is 5.54. The van der Waals surface area contributed by atoms with E-state index < -0.39 is 0 Å². The molecule has 0 aromatic heterocycles. The SMILES string of the molecule is CCC1CCC(NC)C(N2CCN(C)C(C)C2)C1. The highest BCUT2D eigenvalue weighted by Crippen LogP contribution is 2.31. The molecule has 1 saturated heterocycles. The van der Waals surface area contributed by atoms with Crippen LogP contribution in [0, 0.1) is 5.92 Å². The van der Waals surface area contributed by atoms with Gasteiger partial charge < -0.3 is 10.2 Å². The molecule has 0 spiro atoms. The average Bonchev–Trinajstić information content (AvgIpc) is 2.41. The first-order valence-corrected chi connectivity index (χ1v) is 7.77. The van der Waals surface area contributed by atoms with E-state index >= 15 is 0 Å². The van der Waals surface area contributed by atoms with Crippen molar-refractivity contribution in [3.05, 3.63) is 0 Å². The fourth-order valence-electron chi connectivity index (χ4n) is 3.72. The van der Waals surface area contributed by atoms with Gasteiger partial charge in [0.25, 0.3) is 0 Å². The predicted octanol–water partition coefficient (Wildman–Crippen LogP) is 1.79. The number of rotatable bonds is 3. The molecular weight excluding hydrogens is 222 g/mol. The van der Waals surface area contributed by atoms with Gasteiger partial charge in [0.2, 0.25) is 0 Å². The summed E-state index contributed by atoms with van der Waals surface area (Å²) in [6, 6.07) is 2.19. The van der Waals surface area contributed by atoms with Gasteiger partial charge in [0.05, 0.1) is 0 Å². The van der Waals surface area contributed by atoms with Gasteiger partial charge in [-0.25, -0.2) is 0 Å². The van der Waals surface area contributed by atoms with Crippen LogP contribution >= 0.6 is 0 Å². The maximum Gasteiger partial charge on any atom is 0.0253 e. The number of hydrogen-bond acceptors (Lipinski definition) is 3. The molecule has 1 aliphatic heterocycles. The van der Waals surface area contributed by atoms with Gasteiger partial charge in [-0.05, 0) is 46.2 Å². The van der Waals surface area contributed by atoms with E-state index in [-0.39, 0.29) is 0 Å². The maximum atomic E-state index is 3.57. The van der Waals surface area contributed by atoms with Crippen molar-refractivity contribution in [2.45, 2.75) is 57.7 Å². The molecule has 1 heterocycles. The smallest absolute Gasteiger partial charge is 0.0253 e. The molecule has 4 atom stereocenters. The monoisotopic (exact) mass is 253 g/mol. The highest BCUT2D eigenvalue weighted by Gasteiger charge is 2.35. The van der Waals surface area contributed by atoms with Gasteiger partial charge in [0.15, 0.2) is 0 Å². The molecule has 0 bridgehead atoms. The number of nitrogens with zero attached hydrogens (tertiary/aromatic N) is 2. The fraction of sp³-hybridized carbons (Fsp3) is 1.00. The largest absolute Gasteiger partial charge is 0.315 e. The molecule has 1 aliphatic carbocycles. The van der Waals surface area contributed by atoms with Gasteiger partial charge in [0.1, 0.15) is 0 Å². The van der Waals surface area contributed by atoms with Crippen LogP contribution in [0.1, 0.15) is 39.5 Å². The molecule has 106 valence electrons. The van der Waals surface area contributed by atoms with Crippen molar-refractivity contribution in [2.24, 2.45) is 5.92 Å². The lowest BCUT2D eigenvalue weighted by molar-refractivity contribution is 0.0322. The van der Waals surface area contributed by atoms with Crippen molar-refractivity contribution in [3.63, 3.8) is 0 Å². The van der Waals surface area contributed by atoms with Crippen LogP contribution in [0.5, 0.6) is 0 Å². The lowest BCUT2D eigenvalue weighted by Gasteiger charge is -2.47. The minimum Gasteiger partial charge on any atom is -0.315 e. The second kappa shape index (κ2) is 6.36. The molecule has 4 unspecified atom stereocenters. The third kappa shape index (κ3) is 3.06. The summed E-state index contributed by atoms with van der Waals surface area (Å²) < 4.78 is 0. The highest BCUT2D eigenvalue weighted by molar-refractivity contribution is 4.93. The number of likely N-dealkylation sites (N-methyl/N-ethyl adjacent to an activating group) is 2. The number of nitrogens with one attached hydrogen (secondary N) is 1. The molecular formula is C15H31N3. The first-order chi connectivity index (χ1) is 8.65. The molecule has 3 heteroatoms. The van der Waals surface area contributed by atoms with Gasteiger partial charge in [-0.1, -0.05) is 13.3 Å². The summed E-state index contributed by atoms with van der Waals surface area (Å²) in [7, 11) is 4.40. The quantitative estimate of drug-likeness (QED) is 0.827. The van der Waals surface area contributed by atoms with Gasteiger partial charge in [-0.3, -0.25) is 4.90 Å². The van der Waals surface area contributed by atoms with Gasteiger partial charge in [-0.2, -0.15) is 0 Å². The van der Waals surface area contributed by atoms with E-state index in [1.807, 2.05) is 0 Å². The number of piperazine rings is 1. The second-order valence-electron chi connectivity index (χ2n) is 6.37. The lowest BCUT2D eigenvalue weighted by atomic mass is 9.80. The van der Waals surface area contributed by atoms with Crippen LogP contribution in [0.15, 0.2) is 0 Å². The van der Waals surface area contributed by atoms with E-state index in [0.717, 1.165) is 12.0 Å². The summed E-state index contributed by atoms with van der Waals surface area (Å²) in [5.41, 5.74) is 0. The maximum absolute atomic E-state index is 3.57. The zero-order valence-electron chi connectivity index (χ0n) is 12.7. The van der Waals surface area contributed by atoms with Crippen LogP contribution in [0.4, 0.5) is 0 Å². The van der Waals surface area contributed by atoms with E-state index in [9.17, 15) is 0 Å². The lowest BCUT2D eigenvalue weighted by Crippen LogP contribution is -2.59. The molecule has 0 amide bonds. The van der Waals surface area contributed by atoms with Gasteiger partial charge >= 0.3 is 0 Å². The standard InChI is InChI=1S/C15H31N3/c1-5-13-6-7-14(16-3)15(10-13)18-9-8-17(4)12(2)11-18/h12-16H,5-11H2,1-4H3. The van der Waals surface area contributed by atoms with Crippen LogP contribution in [0.3, 0.4) is 0 Å². The van der Waals surface area contributed by atoms with Crippen molar-refractivity contribution in [3.8, 4) is 0 Å². The van der Waals surface area contributed by atoms with Crippen molar-refractivity contribution < 1.29 is 0 Å². The molecule has 2 aliphatic rings. The van der Waals surface area contributed by atoms with E-state index in [4.69, 9.17) is 0 Å². The average molecular weight is 253 g/mol. The van der Waals surface area contributed by atoms with Crippen LogP contribution < -0.4 is 5.32 Å². The first-order valence-electron chi connectivity index (χ1n) is 7.77. The summed E-state index contributed by atoms with van der Waals surface area (Å²) >= 11 is 0. The Labute approximate surface area is 113 Å². The Bertz CT molecular complexity index is 256. The van der Waals surface area contributed by atoms with Crippen LogP contribution in [-0.4, -0.2) is 61.7 Å². The first kappa shape index (κ1) is 14.3. The van der Waals surface area contributed by atoms with Gasteiger partial charge in [0, 0.05) is 37.8 Å². The molecule has 0 aromatic rings. The minimum absolute atomic E-state index is 0.707. The minimum atomic E-state index is 0.707. The van der Waals surface area contributed by atoms with Crippen LogP contribution in [0.25, 0.3) is 0 Å². The second-order valence-corrected chi connectivity index (χ2v) is 6.37. The van der Waals surface area contributed by atoms with E-state index in [0.29, 0.717) is 12.1 Å². The molecule has 0 aromatic carbocycles. The fourth-order valence-corrected chi connectivity index (χ4v) is 3.72. The molecule has 1 saturated carbocycles. The predicted molar refractivity (Wildman–Crippen MR) is 77.9 cm³/mol. The summed E-state index contributed by atoms with van der Waals surface area (Å²) in [4.78, 5) is 5.25. The molecule has 2 fully saturated rings. The zero-order valence-corrected chi connectivity index (χ0v) is 12.7. The van der Waals surface area contributed by atoms with E-state index in [1.165, 1.54) is 45.3 Å². The Morgan fingerprint density at radius 2 is 2.00 bits per heavy atom. The van der Waals surface area contributed by atoms with Crippen LogP contribution in [0.2, 0.25) is 0 Å². The molecule has 0 radical (unpaired) electrons. The summed E-state index contributed by atoms with van der Waals surface area (Å²) in [5.74, 6) is 0.953. The molecule has 2 rings (SSSR count). The topological polar surface area (TPSA) is 18.5 Å². The Balaban J connectivity index is 1.99.